The van der Waals surface area contributed by atoms with E-state index in [9.17, 15) is 4.79 Å². The molecule has 0 saturated heterocycles. The highest BCUT2D eigenvalue weighted by molar-refractivity contribution is 6.00. The molecular formula is C18H28N2O. The van der Waals surface area contributed by atoms with E-state index < -0.39 is 0 Å². The summed E-state index contributed by atoms with van der Waals surface area (Å²) in [5.41, 5.74) is 3.44. The lowest BCUT2D eigenvalue weighted by molar-refractivity contribution is 0.0910. The number of hydrogen-bond donors (Lipinski definition) is 0. The normalized spacial score (nSPS) is 22.3. The highest BCUT2D eigenvalue weighted by atomic mass is 16.1. The van der Waals surface area contributed by atoms with Gasteiger partial charge in [-0.2, -0.15) is 5.10 Å². The lowest BCUT2D eigenvalue weighted by atomic mass is 9.74. The molecule has 1 fully saturated rings. The van der Waals surface area contributed by atoms with Crippen molar-refractivity contribution in [2.24, 2.45) is 5.41 Å². The monoisotopic (exact) mass is 288 g/mol. The first-order chi connectivity index (χ1) is 10.0. The fraction of sp³-hybridized carbons (Fsp3) is 0.778. The average Bonchev–Trinajstić information content (AvgIpc) is 2.77. The number of aryl methyl sites for hydroxylation is 1. The first kappa shape index (κ1) is 14.8. The molecule has 1 aromatic heterocycles. The molecule has 0 amide bonds. The predicted octanol–water partition coefficient (Wildman–Crippen LogP) is 4.50. The van der Waals surface area contributed by atoms with Crippen LogP contribution in [0.2, 0.25) is 0 Å². The summed E-state index contributed by atoms with van der Waals surface area (Å²) < 4.78 is 2.18. The van der Waals surface area contributed by atoms with Crippen molar-refractivity contribution in [1.82, 2.24) is 9.78 Å². The van der Waals surface area contributed by atoms with Crippen LogP contribution >= 0.6 is 0 Å². The van der Waals surface area contributed by atoms with Gasteiger partial charge in [0.25, 0.3) is 0 Å². The molecule has 116 valence electrons. The van der Waals surface area contributed by atoms with Gasteiger partial charge in [-0.1, -0.05) is 40.0 Å². The van der Waals surface area contributed by atoms with Gasteiger partial charge in [0, 0.05) is 18.9 Å². The van der Waals surface area contributed by atoms with Crippen molar-refractivity contribution < 1.29 is 4.79 Å². The number of ketones is 1. The maximum absolute atomic E-state index is 12.7. The SMILES string of the molecule is CCCn1nc2c(c1C1CCCCC1)C(=O)CC(C)(C)C2. The van der Waals surface area contributed by atoms with Gasteiger partial charge in [-0.15, -0.1) is 0 Å². The average molecular weight is 288 g/mol. The Morgan fingerprint density at radius 2 is 1.90 bits per heavy atom. The molecule has 0 N–H and O–H groups in total. The van der Waals surface area contributed by atoms with Crippen molar-refractivity contribution in [1.29, 1.82) is 0 Å². The van der Waals surface area contributed by atoms with Crippen LogP contribution in [0.15, 0.2) is 0 Å². The van der Waals surface area contributed by atoms with Gasteiger partial charge >= 0.3 is 0 Å². The van der Waals surface area contributed by atoms with Gasteiger partial charge in [0.05, 0.1) is 17.0 Å². The van der Waals surface area contributed by atoms with Crippen molar-refractivity contribution in [2.45, 2.75) is 84.6 Å². The number of fused-ring (bicyclic) bond motifs is 1. The summed E-state index contributed by atoms with van der Waals surface area (Å²) in [5, 5.41) is 4.86. The van der Waals surface area contributed by atoms with Crippen LogP contribution in [0, 0.1) is 5.41 Å². The molecule has 1 heterocycles. The Morgan fingerprint density at radius 3 is 2.57 bits per heavy atom. The van der Waals surface area contributed by atoms with E-state index in [0.717, 1.165) is 30.6 Å². The highest BCUT2D eigenvalue weighted by Gasteiger charge is 2.37. The lowest BCUT2D eigenvalue weighted by Gasteiger charge is -2.29. The minimum absolute atomic E-state index is 0.0688. The lowest BCUT2D eigenvalue weighted by Crippen LogP contribution is -2.27. The number of hydrogen-bond acceptors (Lipinski definition) is 2. The standard InChI is InChI=1S/C18H28N2O/c1-4-10-20-17(13-8-6-5-7-9-13)16-14(19-20)11-18(2,3)12-15(16)21/h13H,4-12H2,1-3H3. The number of Topliss-reactive ketones (excluding diaryl/α,β-unsaturated/α-hetero) is 1. The molecule has 3 nitrogen and oxygen atoms in total. The van der Waals surface area contributed by atoms with Crippen LogP contribution in [0.5, 0.6) is 0 Å². The van der Waals surface area contributed by atoms with Gasteiger partial charge in [0.2, 0.25) is 0 Å². The summed E-state index contributed by atoms with van der Waals surface area (Å²) in [5.74, 6) is 0.899. The largest absolute Gasteiger partial charge is 0.294 e. The van der Waals surface area contributed by atoms with Gasteiger partial charge in [-0.25, -0.2) is 0 Å². The van der Waals surface area contributed by atoms with Gasteiger partial charge < -0.3 is 0 Å². The van der Waals surface area contributed by atoms with E-state index >= 15 is 0 Å². The van der Waals surface area contributed by atoms with E-state index in [1.165, 1.54) is 37.8 Å². The van der Waals surface area contributed by atoms with Crippen LogP contribution < -0.4 is 0 Å². The van der Waals surface area contributed by atoms with E-state index in [-0.39, 0.29) is 5.41 Å². The van der Waals surface area contributed by atoms with Crippen molar-refractivity contribution in [3.63, 3.8) is 0 Å². The first-order valence-electron chi connectivity index (χ1n) is 8.64. The number of aromatic nitrogens is 2. The quantitative estimate of drug-likeness (QED) is 0.821. The molecule has 0 atom stereocenters. The molecule has 0 radical (unpaired) electrons. The number of nitrogens with zero attached hydrogens (tertiary/aromatic N) is 2. The Morgan fingerprint density at radius 1 is 1.19 bits per heavy atom. The van der Waals surface area contributed by atoms with Crippen LogP contribution in [0.1, 0.15) is 93.4 Å². The van der Waals surface area contributed by atoms with Crippen LogP contribution in [0.3, 0.4) is 0 Å². The minimum Gasteiger partial charge on any atom is -0.294 e. The second-order valence-electron chi connectivity index (χ2n) is 7.71. The van der Waals surface area contributed by atoms with Gasteiger partial charge in [-0.3, -0.25) is 9.48 Å². The molecule has 21 heavy (non-hydrogen) atoms. The topological polar surface area (TPSA) is 34.9 Å². The van der Waals surface area contributed by atoms with E-state index in [1.807, 2.05) is 0 Å². The Hall–Kier alpha value is -1.12. The van der Waals surface area contributed by atoms with Crippen molar-refractivity contribution in [2.75, 3.05) is 0 Å². The summed E-state index contributed by atoms with van der Waals surface area (Å²) in [7, 11) is 0. The fourth-order valence-electron chi connectivity index (χ4n) is 4.17. The van der Waals surface area contributed by atoms with Crippen molar-refractivity contribution >= 4 is 5.78 Å². The molecule has 3 rings (SSSR count). The Labute approximate surface area is 128 Å². The molecule has 3 heteroatoms. The second kappa shape index (κ2) is 5.58. The summed E-state index contributed by atoms with van der Waals surface area (Å²) in [6, 6.07) is 0. The van der Waals surface area contributed by atoms with Crippen LogP contribution in [-0.4, -0.2) is 15.6 Å². The molecule has 0 aliphatic heterocycles. The summed E-state index contributed by atoms with van der Waals surface area (Å²) in [4.78, 5) is 12.7. The van der Waals surface area contributed by atoms with E-state index in [0.29, 0.717) is 18.1 Å². The number of carbonyl (C=O) groups excluding carboxylic acids is 1. The zero-order valence-corrected chi connectivity index (χ0v) is 13.7. The molecular weight excluding hydrogens is 260 g/mol. The molecule has 0 unspecified atom stereocenters. The fourth-order valence-corrected chi connectivity index (χ4v) is 4.17. The maximum atomic E-state index is 12.7. The zero-order chi connectivity index (χ0) is 15.0. The smallest absolute Gasteiger partial charge is 0.167 e. The van der Waals surface area contributed by atoms with Crippen molar-refractivity contribution in [3.8, 4) is 0 Å². The van der Waals surface area contributed by atoms with Crippen LogP contribution in [0.4, 0.5) is 0 Å². The van der Waals surface area contributed by atoms with Crippen LogP contribution in [-0.2, 0) is 13.0 Å². The van der Waals surface area contributed by atoms with Gasteiger partial charge in [-0.05, 0) is 31.1 Å². The second-order valence-corrected chi connectivity index (χ2v) is 7.71. The molecule has 0 aromatic carbocycles. The third kappa shape index (κ3) is 2.79. The number of carbonyl (C=O) groups is 1. The minimum atomic E-state index is 0.0688. The van der Waals surface area contributed by atoms with E-state index in [1.54, 1.807) is 0 Å². The van der Waals surface area contributed by atoms with Crippen molar-refractivity contribution in [3.05, 3.63) is 17.0 Å². The Bertz CT molecular complexity index is 536. The molecule has 2 aliphatic rings. The summed E-state index contributed by atoms with van der Waals surface area (Å²) in [6.45, 7) is 7.52. The summed E-state index contributed by atoms with van der Waals surface area (Å²) in [6.07, 6.45) is 9.13. The molecule has 1 aromatic rings. The van der Waals surface area contributed by atoms with Gasteiger partial charge in [0.1, 0.15) is 0 Å². The third-order valence-corrected chi connectivity index (χ3v) is 5.06. The zero-order valence-electron chi connectivity index (χ0n) is 13.7. The Balaban J connectivity index is 2.04. The molecule has 1 saturated carbocycles. The number of rotatable bonds is 3. The van der Waals surface area contributed by atoms with E-state index in [4.69, 9.17) is 5.10 Å². The maximum Gasteiger partial charge on any atom is 0.167 e. The molecule has 0 spiro atoms. The summed E-state index contributed by atoms with van der Waals surface area (Å²) >= 11 is 0. The van der Waals surface area contributed by atoms with Gasteiger partial charge in [0.15, 0.2) is 5.78 Å². The van der Waals surface area contributed by atoms with E-state index in [2.05, 4.69) is 25.5 Å². The molecule has 2 aliphatic carbocycles. The predicted molar refractivity (Wildman–Crippen MR) is 84.8 cm³/mol. The first-order valence-corrected chi connectivity index (χ1v) is 8.64. The van der Waals surface area contributed by atoms with Crippen LogP contribution in [0.25, 0.3) is 0 Å². The molecule has 0 bridgehead atoms. The Kier molecular flexibility index (Phi) is 3.94. The highest BCUT2D eigenvalue weighted by Crippen LogP contribution is 2.41. The third-order valence-electron chi connectivity index (χ3n) is 5.06.